The van der Waals surface area contributed by atoms with Crippen molar-refractivity contribution >= 4 is 60.9 Å². The van der Waals surface area contributed by atoms with Gasteiger partial charge in [0.2, 0.25) is 10.0 Å². The lowest BCUT2D eigenvalue weighted by Gasteiger charge is -2.23. The summed E-state index contributed by atoms with van der Waals surface area (Å²) >= 11 is 7.43. The molecule has 14 nitrogen and oxygen atoms in total. The van der Waals surface area contributed by atoms with Gasteiger partial charge in [0.25, 0.3) is 10.0 Å². The lowest BCUT2D eigenvalue weighted by Crippen LogP contribution is -2.48. The summed E-state index contributed by atoms with van der Waals surface area (Å²) in [6.45, 7) is -0.843. The van der Waals surface area contributed by atoms with Gasteiger partial charge in [0.05, 0.1) is 23.1 Å². The summed E-state index contributed by atoms with van der Waals surface area (Å²) in [5.41, 5.74) is 1.28. The summed E-state index contributed by atoms with van der Waals surface area (Å²) in [4.78, 5) is 9.36. The van der Waals surface area contributed by atoms with Crippen LogP contribution in [0.3, 0.4) is 0 Å². The monoisotopic (exact) mass is 627 g/mol. The average Bonchev–Trinajstić information content (AvgIpc) is 2.86. The summed E-state index contributed by atoms with van der Waals surface area (Å²) in [5, 5.41) is 59.6. The highest BCUT2D eigenvalue weighted by Crippen LogP contribution is 2.34. The number of amidine groups is 1. The predicted molar refractivity (Wildman–Crippen MR) is 142 cm³/mol. The number of anilines is 1. The van der Waals surface area contributed by atoms with Gasteiger partial charge in [-0.2, -0.15) is 8.42 Å². The minimum atomic E-state index is -4.15. The Morgan fingerprint density at radius 1 is 1.08 bits per heavy atom. The van der Waals surface area contributed by atoms with E-state index < -0.39 is 61.9 Å². The standard InChI is InChI=1S/C15H14ClN3O4S3.C6H12O7/c16-11-6-12-14(7-13(11)25(17,20)21)26(22,23)19-15(18-12)9-24-8-10-4-2-1-3-5-10;7-1-2(8)3(9)4(10)5(11)6(12)13/h1-7H,8-9H2,(H,18,19)(H2,17,20,21);2-5,7-11H,1H2,(H,12,13)/t;2-,3-,4+,5-/m.1/s1. The van der Waals surface area contributed by atoms with E-state index in [1.165, 1.54) is 17.8 Å². The van der Waals surface area contributed by atoms with Crippen LogP contribution < -0.4 is 10.5 Å². The molecule has 0 aromatic heterocycles. The van der Waals surface area contributed by atoms with E-state index in [-0.39, 0.29) is 21.4 Å². The van der Waals surface area contributed by atoms with E-state index in [2.05, 4.69) is 9.71 Å². The van der Waals surface area contributed by atoms with E-state index in [1.807, 2.05) is 30.3 Å². The number of aliphatic hydroxyl groups is 5. The number of carboxylic acids is 1. The molecule has 0 spiro atoms. The van der Waals surface area contributed by atoms with Gasteiger partial charge in [0.1, 0.15) is 33.9 Å². The van der Waals surface area contributed by atoms with Gasteiger partial charge in [-0.15, -0.1) is 16.2 Å². The molecule has 0 saturated carbocycles. The third-order valence-corrected chi connectivity index (χ3v) is 8.73. The Balaban J connectivity index is 0.000000349. The van der Waals surface area contributed by atoms with Crippen LogP contribution in [0.15, 0.2) is 56.7 Å². The van der Waals surface area contributed by atoms with E-state index in [4.69, 9.17) is 47.4 Å². The fourth-order valence-corrected chi connectivity index (χ4v) is 6.28. The molecule has 39 heavy (non-hydrogen) atoms. The maximum absolute atomic E-state index is 12.4. The second-order valence-electron chi connectivity index (χ2n) is 7.95. The summed E-state index contributed by atoms with van der Waals surface area (Å²) in [6.07, 6.45) is -7.84. The zero-order valence-electron chi connectivity index (χ0n) is 19.8. The van der Waals surface area contributed by atoms with Crippen LogP contribution in [-0.2, 0) is 30.6 Å². The van der Waals surface area contributed by atoms with Crippen molar-refractivity contribution in [2.24, 2.45) is 9.54 Å². The van der Waals surface area contributed by atoms with Crippen molar-refractivity contribution in [3.8, 4) is 0 Å². The number of halogens is 1. The third-order valence-electron chi connectivity index (χ3n) is 4.99. The van der Waals surface area contributed by atoms with Crippen molar-refractivity contribution in [3.05, 3.63) is 53.1 Å². The number of carboxylic acid groups (broad SMARTS) is 1. The molecule has 1 heterocycles. The van der Waals surface area contributed by atoms with Crippen molar-refractivity contribution in [1.82, 2.24) is 0 Å². The molecule has 3 rings (SSSR count). The number of nitrogens with one attached hydrogen (secondary N) is 1. The number of rotatable bonds is 10. The van der Waals surface area contributed by atoms with Gasteiger partial charge in [-0.05, 0) is 17.7 Å². The SMILES string of the molecule is NS(=O)(=O)c1cc2c(cc1Cl)NC(CSCc1ccccc1)=NS2(=O)=O.O=C(O)[C@H](O)[C@@H](O)[C@H](O)[C@H](O)CO. The number of hydrogen-bond donors (Lipinski definition) is 8. The molecule has 1 aliphatic heterocycles. The Kier molecular flexibility index (Phi) is 11.7. The van der Waals surface area contributed by atoms with Gasteiger partial charge < -0.3 is 36.0 Å². The van der Waals surface area contributed by atoms with Crippen molar-refractivity contribution in [1.29, 1.82) is 0 Å². The van der Waals surface area contributed by atoms with Gasteiger partial charge in [-0.25, -0.2) is 18.4 Å². The lowest BCUT2D eigenvalue weighted by atomic mass is 10.0. The number of thioether (sulfide) groups is 1. The van der Waals surface area contributed by atoms with Crippen molar-refractivity contribution in [2.45, 2.75) is 40.0 Å². The summed E-state index contributed by atoms with van der Waals surface area (Å²) in [7, 11) is -8.20. The molecular weight excluding hydrogens is 602 g/mol. The van der Waals surface area contributed by atoms with Crippen molar-refractivity contribution in [2.75, 3.05) is 17.7 Å². The van der Waals surface area contributed by atoms with Crippen molar-refractivity contribution < 1.29 is 52.3 Å². The molecule has 9 N–H and O–H groups in total. The van der Waals surface area contributed by atoms with Crippen LogP contribution in [0.5, 0.6) is 0 Å². The summed E-state index contributed by atoms with van der Waals surface area (Å²) in [5.74, 6) is -0.448. The van der Waals surface area contributed by atoms with Gasteiger partial charge in [-0.1, -0.05) is 41.9 Å². The number of aliphatic carboxylic acids is 1. The van der Waals surface area contributed by atoms with Crippen LogP contribution in [0.2, 0.25) is 5.02 Å². The number of carbonyl (C=O) groups is 1. The van der Waals surface area contributed by atoms with Gasteiger partial charge in [0.15, 0.2) is 6.10 Å². The second-order valence-corrected chi connectivity index (χ2v) is 12.4. The number of primary sulfonamides is 1. The van der Waals surface area contributed by atoms with Crippen LogP contribution in [0, 0.1) is 0 Å². The van der Waals surface area contributed by atoms with Crippen LogP contribution >= 0.6 is 23.4 Å². The molecule has 0 unspecified atom stereocenters. The highest BCUT2D eigenvalue weighted by Gasteiger charge is 2.34. The molecule has 2 aromatic carbocycles. The van der Waals surface area contributed by atoms with E-state index in [1.54, 1.807) is 0 Å². The molecule has 0 radical (unpaired) electrons. The van der Waals surface area contributed by atoms with E-state index in [9.17, 15) is 21.6 Å². The van der Waals surface area contributed by atoms with Crippen LogP contribution in [0.25, 0.3) is 0 Å². The molecule has 216 valence electrons. The minimum absolute atomic E-state index is 0.160. The smallest absolute Gasteiger partial charge is 0.335 e. The maximum atomic E-state index is 12.4. The largest absolute Gasteiger partial charge is 0.479 e. The second kappa shape index (κ2) is 13.8. The van der Waals surface area contributed by atoms with E-state index in [0.29, 0.717) is 11.5 Å². The zero-order chi connectivity index (χ0) is 29.5. The number of hydrogen-bond acceptors (Lipinski definition) is 12. The normalized spacial score (nSPS) is 17.3. The van der Waals surface area contributed by atoms with Gasteiger partial charge in [-0.3, -0.25) is 0 Å². The Morgan fingerprint density at radius 3 is 2.23 bits per heavy atom. The number of fused-ring (bicyclic) bond motifs is 1. The Bertz CT molecular complexity index is 1410. The van der Waals surface area contributed by atoms with Crippen LogP contribution in [0.4, 0.5) is 5.69 Å². The molecule has 18 heteroatoms. The molecule has 0 amide bonds. The van der Waals surface area contributed by atoms with Gasteiger partial charge >= 0.3 is 5.97 Å². The van der Waals surface area contributed by atoms with Crippen LogP contribution in [-0.4, -0.2) is 96.1 Å². The zero-order valence-corrected chi connectivity index (χ0v) is 23.0. The molecule has 0 saturated heterocycles. The number of nitrogens with zero attached hydrogens (tertiary/aromatic N) is 1. The molecule has 4 atom stereocenters. The lowest BCUT2D eigenvalue weighted by molar-refractivity contribution is -0.164. The summed E-state index contributed by atoms with van der Waals surface area (Å²) in [6, 6.07) is 11.9. The highest BCUT2D eigenvalue weighted by molar-refractivity contribution is 7.99. The summed E-state index contributed by atoms with van der Waals surface area (Å²) < 4.78 is 51.6. The highest BCUT2D eigenvalue weighted by atomic mass is 35.5. The number of nitrogens with two attached hydrogens (primary N) is 1. The maximum Gasteiger partial charge on any atom is 0.335 e. The minimum Gasteiger partial charge on any atom is -0.479 e. The van der Waals surface area contributed by atoms with Crippen LogP contribution in [0.1, 0.15) is 5.56 Å². The first-order valence-corrected chi connectivity index (χ1v) is 15.2. The fraction of sp³-hybridized carbons (Fsp3) is 0.333. The quantitative estimate of drug-likeness (QED) is 0.156. The first-order valence-electron chi connectivity index (χ1n) is 10.7. The molecule has 2 aromatic rings. The number of aliphatic hydroxyl groups excluding tert-OH is 5. The molecular formula is C21H26ClN3O11S3. The van der Waals surface area contributed by atoms with Crippen molar-refractivity contribution in [3.63, 3.8) is 0 Å². The Morgan fingerprint density at radius 2 is 1.69 bits per heavy atom. The molecule has 0 fully saturated rings. The van der Waals surface area contributed by atoms with E-state index in [0.717, 1.165) is 11.6 Å². The third kappa shape index (κ3) is 9.10. The van der Waals surface area contributed by atoms with E-state index >= 15 is 0 Å². The number of sulfonamides is 2. The molecule has 1 aliphatic rings. The topological polar surface area (TPSA) is 257 Å². The number of benzene rings is 2. The first kappa shape index (κ1) is 32.9. The fourth-order valence-electron chi connectivity index (χ4n) is 3.01. The molecule has 0 bridgehead atoms. The Hall–Kier alpha value is -2.32. The average molecular weight is 628 g/mol. The molecule has 0 aliphatic carbocycles. The predicted octanol–water partition coefficient (Wildman–Crippen LogP) is -1.06. The van der Waals surface area contributed by atoms with Gasteiger partial charge in [0, 0.05) is 5.75 Å². The Labute approximate surface area is 232 Å². The first-order chi connectivity index (χ1) is 18.1.